The topological polar surface area (TPSA) is 151 Å². The number of hydrogen-bond donors (Lipinski definition) is 4. The summed E-state index contributed by atoms with van der Waals surface area (Å²) in [7, 11) is -8.20. The van der Waals surface area contributed by atoms with Crippen molar-refractivity contribution in [3.8, 4) is 0 Å². The molecule has 0 saturated heterocycles. The third kappa shape index (κ3) is 8.33. The largest absolute Gasteiger partial charge is 0.288 e. The molecule has 0 unspecified atom stereocenters. The summed E-state index contributed by atoms with van der Waals surface area (Å²) in [5.41, 5.74) is 6.39. The Labute approximate surface area is 257 Å². The number of carbonyl (C=O) groups is 2. The number of nitrogens with one attached hydrogen (secondary N) is 4. The van der Waals surface area contributed by atoms with Gasteiger partial charge in [0.15, 0.2) is 0 Å². The van der Waals surface area contributed by atoms with Crippen LogP contribution in [0.25, 0.3) is 0 Å². The molecule has 0 heterocycles. The number of alkyl halides is 2. The van der Waals surface area contributed by atoms with Crippen molar-refractivity contribution in [2.45, 2.75) is 34.3 Å². The predicted octanol–water partition coefficient (Wildman–Crippen LogP) is 5.29. The number of amides is 2. The van der Waals surface area contributed by atoms with E-state index in [0.717, 1.165) is 23.3 Å². The van der Waals surface area contributed by atoms with Crippen LogP contribution in [0.5, 0.6) is 0 Å². The van der Waals surface area contributed by atoms with Crippen molar-refractivity contribution in [2.24, 2.45) is 0 Å². The molecule has 15 heteroatoms. The summed E-state index contributed by atoms with van der Waals surface area (Å²) in [6.07, 6.45) is 0. The first-order valence-corrected chi connectivity index (χ1v) is 16.6. The number of halogens is 2. The number of carbonyl (C=O) groups excluding carboxylic acids is 2. The maximum atomic E-state index is 13.0. The highest BCUT2D eigenvalue weighted by molar-refractivity contribution is 7.99. The summed E-state index contributed by atoms with van der Waals surface area (Å²) in [5.74, 6) is -4.28. The van der Waals surface area contributed by atoms with E-state index in [4.69, 9.17) is 0 Å². The van der Waals surface area contributed by atoms with Crippen LogP contribution >= 0.6 is 11.8 Å². The monoisotopic (exact) mass is 660 g/mol. The first-order chi connectivity index (χ1) is 20.7. The lowest BCUT2D eigenvalue weighted by Gasteiger charge is -2.13. The highest BCUT2D eigenvalue weighted by Gasteiger charge is 2.20. The lowest BCUT2D eigenvalue weighted by atomic mass is 10.1. The number of benzene rings is 4. The Morgan fingerprint density at radius 1 is 0.682 bits per heavy atom. The van der Waals surface area contributed by atoms with E-state index >= 15 is 0 Å². The van der Waals surface area contributed by atoms with Crippen LogP contribution in [0, 0.1) is 13.8 Å². The van der Waals surface area contributed by atoms with Crippen LogP contribution in [0.1, 0.15) is 31.8 Å². The SMILES string of the molecule is Cc1ccc(NS(=O)(=O)c2cccc(C(=O)NNC(=O)c3cccc(S(=O)(=O)Nc4ccc(SC(F)F)cc4)c3)c2)c(C)c1. The molecule has 4 aromatic carbocycles. The van der Waals surface area contributed by atoms with E-state index in [1.807, 2.05) is 13.0 Å². The molecule has 0 aliphatic carbocycles. The summed E-state index contributed by atoms with van der Waals surface area (Å²) in [6.45, 7) is 3.64. The van der Waals surface area contributed by atoms with E-state index < -0.39 is 37.6 Å². The maximum Gasteiger partial charge on any atom is 0.288 e. The van der Waals surface area contributed by atoms with Crippen LogP contribution in [0.4, 0.5) is 20.2 Å². The van der Waals surface area contributed by atoms with Crippen molar-refractivity contribution in [3.05, 3.63) is 113 Å². The number of anilines is 2. The average Bonchev–Trinajstić information content (AvgIpc) is 2.98. The van der Waals surface area contributed by atoms with Crippen molar-refractivity contribution in [1.82, 2.24) is 10.9 Å². The summed E-state index contributed by atoms with van der Waals surface area (Å²) in [5, 5.41) is 0. The Hall–Kier alpha value is -4.47. The standard InChI is InChI=1S/C29H26F2N4O6S3/c1-18-9-14-26(19(2)15-18)35-44(40,41)25-8-4-6-21(17-25)28(37)33-32-27(36)20-5-3-7-24(16-20)43(38,39)34-22-10-12-23(13-11-22)42-29(30)31/h3-17,29,34-35H,1-2H3,(H,32,36)(H,33,37). The minimum atomic E-state index is -4.16. The van der Waals surface area contributed by atoms with E-state index in [9.17, 15) is 35.2 Å². The number of aryl methyl sites for hydroxylation is 2. The van der Waals surface area contributed by atoms with Crippen molar-refractivity contribution in [2.75, 3.05) is 9.44 Å². The van der Waals surface area contributed by atoms with Gasteiger partial charge in [-0.15, -0.1) is 0 Å². The number of thioether (sulfide) groups is 1. The van der Waals surface area contributed by atoms with Gasteiger partial charge in [0.2, 0.25) is 0 Å². The van der Waals surface area contributed by atoms with Crippen molar-refractivity contribution >= 4 is 55.0 Å². The molecule has 0 saturated carbocycles. The van der Waals surface area contributed by atoms with Crippen LogP contribution in [0.2, 0.25) is 0 Å². The molecular weight excluding hydrogens is 635 g/mol. The van der Waals surface area contributed by atoms with E-state index in [2.05, 4.69) is 20.3 Å². The first-order valence-electron chi connectivity index (χ1n) is 12.7. The van der Waals surface area contributed by atoms with Crippen LogP contribution in [-0.2, 0) is 20.0 Å². The molecular formula is C29H26F2N4O6S3. The lowest BCUT2D eigenvalue weighted by molar-refractivity contribution is 0.0846. The van der Waals surface area contributed by atoms with Gasteiger partial charge in [0, 0.05) is 21.7 Å². The molecule has 2 amide bonds. The third-order valence-corrected chi connectivity index (χ3v) is 9.53. The van der Waals surface area contributed by atoms with Gasteiger partial charge in [-0.1, -0.05) is 41.6 Å². The van der Waals surface area contributed by atoms with Crippen LogP contribution in [-0.4, -0.2) is 34.4 Å². The lowest BCUT2D eigenvalue weighted by Crippen LogP contribution is -2.41. The zero-order valence-electron chi connectivity index (χ0n) is 23.2. The molecule has 4 rings (SSSR count). The molecule has 0 spiro atoms. The van der Waals surface area contributed by atoms with Gasteiger partial charge >= 0.3 is 0 Å². The van der Waals surface area contributed by atoms with E-state index in [-0.39, 0.29) is 31.5 Å². The molecule has 0 aliphatic rings. The van der Waals surface area contributed by atoms with Gasteiger partial charge in [-0.3, -0.25) is 29.9 Å². The zero-order chi connectivity index (χ0) is 32.1. The zero-order valence-corrected chi connectivity index (χ0v) is 25.6. The van der Waals surface area contributed by atoms with E-state index in [0.29, 0.717) is 17.4 Å². The molecule has 230 valence electrons. The van der Waals surface area contributed by atoms with Gasteiger partial charge in [0.25, 0.3) is 37.6 Å². The highest BCUT2D eigenvalue weighted by Crippen LogP contribution is 2.27. The summed E-state index contributed by atoms with van der Waals surface area (Å²) in [6, 6.07) is 20.7. The number of rotatable bonds is 10. The number of sulfonamides is 2. The number of hydrazine groups is 1. The Kier molecular flexibility index (Phi) is 9.91. The molecule has 0 aromatic heterocycles. The molecule has 0 aliphatic heterocycles. The fourth-order valence-electron chi connectivity index (χ4n) is 3.92. The summed E-state index contributed by atoms with van der Waals surface area (Å²) < 4.78 is 81.5. The van der Waals surface area contributed by atoms with Gasteiger partial charge in [-0.05, 0) is 86.1 Å². The van der Waals surface area contributed by atoms with Crippen LogP contribution in [0.3, 0.4) is 0 Å². The Bertz CT molecular complexity index is 1920. The molecule has 0 atom stereocenters. The minimum absolute atomic E-state index is 0.0627. The van der Waals surface area contributed by atoms with Gasteiger partial charge in [-0.2, -0.15) is 8.78 Å². The molecule has 0 bridgehead atoms. The van der Waals surface area contributed by atoms with Crippen molar-refractivity contribution in [3.63, 3.8) is 0 Å². The summed E-state index contributed by atoms with van der Waals surface area (Å²) >= 11 is 0.320. The van der Waals surface area contributed by atoms with E-state index in [1.54, 1.807) is 19.1 Å². The van der Waals surface area contributed by atoms with Crippen LogP contribution < -0.4 is 20.3 Å². The quantitative estimate of drug-likeness (QED) is 0.133. The molecule has 10 nitrogen and oxygen atoms in total. The summed E-state index contributed by atoms with van der Waals surface area (Å²) in [4.78, 5) is 25.3. The van der Waals surface area contributed by atoms with Gasteiger partial charge in [0.05, 0.1) is 15.5 Å². The average molecular weight is 661 g/mol. The smallest absolute Gasteiger partial charge is 0.280 e. The van der Waals surface area contributed by atoms with Gasteiger partial charge in [-0.25, -0.2) is 16.8 Å². The second-order valence-electron chi connectivity index (χ2n) is 9.40. The fourth-order valence-corrected chi connectivity index (χ4v) is 6.70. The Morgan fingerprint density at radius 3 is 1.70 bits per heavy atom. The minimum Gasteiger partial charge on any atom is -0.280 e. The molecule has 0 fully saturated rings. The fraction of sp³-hybridized carbons (Fsp3) is 0.103. The predicted molar refractivity (Wildman–Crippen MR) is 164 cm³/mol. The first kappa shape index (κ1) is 32.4. The molecule has 0 radical (unpaired) electrons. The second-order valence-corrected chi connectivity index (χ2v) is 13.8. The third-order valence-electron chi connectivity index (χ3n) is 6.06. The second kappa shape index (κ2) is 13.4. The number of hydrogen-bond acceptors (Lipinski definition) is 7. The Balaban J connectivity index is 1.41. The normalized spacial score (nSPS) is 11.6. The molecule has 44 heavy (non-hydrogen) atoms. The highest BCUT2D eigenvalue weighted by atomic mass is 32.2. The molecule has 4 aromatic rings. The van der Waals surface area contributed by atoms with Crippen molar-refractivity contribution in [1.29, 1.82) is 0 Å². The van der Waals surface area contributed by atoms with Crippen molar-refractivity contribution < 1.29 is 35.2 Å². The van der Waals surface area contributed by atoms with Gasteiger partial charge < -0.3 is 0 Å². The molecule has 4 N–H and O–H groups in total. The van der Waals surface area contributed by atoms with E-state index in [1.165, 1.54) is 60.7 Å². The maximum absolute atomic E-state index is 13.0. The van der Waals surface area contributed by atoms with Crippen LogP contribution in [0.15, 0.2) is 106 Å². The Morgan fingerprint density at radius 2 is 1.20 bits per heavy atom. The van der Waals surface area contributed by atoms with Gasteiger partial charge in [0.1, 0.15) is 0 Å².